The molecule has 0 aromatic heterocycles. The molecule has 0 N–H and O–H groups in total. The molecule has 12 heavy (non-hydrogen) atoms. The molecule has 0 aliphatic carbocycles. The monoisotopic (exact) mass is 269 g/mol. The van der Waals surface area contributed by atoms with Gasteiger partial charge in [0, 0.05) is 0 Å². The summed E-state index contributed by atoms with van der Waals surface area (Å²) in [7, 11) is 0. The molecule has 0 heterocycles. The Hall–Kier alpha value is 0.0187. The number of benzene rings is 1. The van der Waals surface area contributed by atoms with E-state index in [1.54, 1.807) is 3.58 Å². The van der Waals surface area contributed by atoms with Crippen LogP contribution in [0.15, 0.2) is 30.3 Å². The summed E-state index contributed by atoms with van der Waals surface area (Å²) in [6.07, 6.45) is 1.37. The van der Waals surface area contributed by atoms with Gasteiger partial charge in [0.1, 0.15) is 0 Å². The summed E-state index contributed by atoms with van der Waals surface area (Å²) in [6, 6.07) is 11.1. The van der Waals surface area contributed by atoms with Crippen LogP contribution in [0.1, 0.15) is 20.3 Å². The molecule has 1 aromatic carbocycles. The van der Waals surface area contributed by atoms with Crippen molar-refractivity contribution in [2.24, 2.45) is 0 Å². The second-order valence-electron chi connectivity index (χ2n) is 3.07. The fourth-order valence-electron chi connectivity index (χ4n) is 1.50. The molecule has 0 saturated heterocycles. The van der Waals surface area contributed by atoms with Gasteiger partial charge in [-0.1, -0.05) is 0 Å². The second kappa shape index (κ2) is 5.63. The van der Waals surface area contributed by atoms with Crippen molar-refractivity contribution in [3.05, 3.63) is 30.3 Å². The third kappa shape index (κ3) is 2.81. The van der Waals surface area contributed by atoms with Crippen molar-refractivity contribution in [3.8, 4) is 0 Å². The molecule has 0 atom stereocenters. The van der Waals surface area contributed by atoms with E-state index in [-0.39, 0.29) is 0 Å². The van der Waals surface area contributed by atoms with Gasteiger partial charge in [0.15, 0.2) is 0 Å². The van der Waals surface area contributed by atoms with Gasteiger partial charge in [-0.05, 0) is 0 Å². The van der Waals surface area contributed by atoms with Crippen LogP contribution in [-0.4, -0.2) is 19.8 Å². The quantitative estimate of drug-likeness (QED) is 0.736. The van der Waals surface area contributed by atoms with Crippen molar-refractivity contribution in [2.45, 2.75) is 29.1 Å². The molecule has 1 aromatic rings. The van der Waals surface area contributed by atoms with Gasteiger partial charge >= 0.3 is 82.8 Å². The van der Waals surface area contributed by atoms with Crippen LogP contribution in [0.2, 0.25) is 8.87 Å². The van der Waals surface area contributed by atoms with Gasteiger partial charge < -0.3 is 0 Å². The molecule has 0 unspecified atom stereocenters. The van der Waals surface area contributed by atoms with E-state index < -0.39 is 19.8 Å². The number of rotatable bonds is 4. The first-order chi connectivity index (χ1) is 5.88. The van der Waals surface area contributed by atoms with E-state index >= 15 is 0 Å². The van der Waals surface area contributed by atoms with E-state index in [9.17, 15) is 0 Å². The molecule has 0 amide bonds. The van der Waals surface area contributed by atoms with Gasteiger partial charge in [0.25, 0.3) is 0 Å². The van der Waals surface area contributed by atoms with E-state index in [1.165, 1.54) is 15.3 Å². The third-order valence-electron chi connectivity index (χ3n) is 2.16. The molecule has 0 saturated carbocycles. The molecule has 1 heteroatoms. The Morgan fingerprint density at radius 3 is 2.25 bits per heavy atom. The molecule has 0 spiro atoms. The Bertz CT molecular complexity index is 206. The minimum absolute atomic E-state index is 1.13. The minimum atomic E-state index is -1.13. The Balaban J connectivity index is 2.66. The first kappa shape index (κ1) is 10.1. The zero-order valence-electron chi connectivity index (χ0n) is 8.01. The van der Waals surface area contributed by atoms with Gasteiger partial charge in [0.2, 0.25) is 0 Å². The van der Waals surface area contributed by atoms with E-state index in [2.05, 4.69) is 44.2 Å². The Morgan fingerprint density at radius 1 is 1.08 bits per heavy atom. The average molecular weight is 268 g/mol. The molecule has 1 radical (unpaired) electrons. The number of hydrogen-bond acceptors (Lipinski definition) is 0. The Labute approximate surface area is 82.7 Å². The Morgan fingerprint density at radius 2 is 1.75 bits per heavy atom. The molecular weight excluding hydrogens is 251 g/mol. The third-order valence-corrected chi connectivity index (χ3v) is 11.0. The summed E-state index contributed by atoms with van der Waals surface area (Å²) in [4.78, 5) is 0. The molecule has 1 rings (SSSR count). The maximum atomic E-state index is 2.36. The van der Waals surface area contributed by atoms with Crippen LogP contribution in [0.3, 0.4) is 0 Å². The van der Waals surface area contributed by atoms with Crippen LogP contribution in [0.5, 0.6) is 0 Å². The summed E-state index contributed by atoms with van der Waals surface area (Å²) in [5.41, 5.74) is 0. The van der Waals surface area contributed by atoms with E-state index in [0.717, 1.165) is 0 Å². The summed E-state index contributed by atoms with van der Waals surface area (Å²) >= 11 is -1.13. The van der Waals surface area contributed by atoms with Crippen molar-refractivity contribution in [2.75, 3.05) is 0 Å². The summed E-state index contributed by atoms with van der Waals surface area (Å²) in [5, 5.41) is 0. The zero-order chi connectivity index (χ0) is 8.81. The molecular formula is C11H17Sn. The standard InChI is InChI=1S/C6H5.C3H7.C2H5.Sn/c1-2-4-6-5-3-1;1-3-2;1-2;/h1-5H;1,3H2,2H3;1H2,2H3;. The first-order valence-corrected chi connectivity index (χ1v) is 10.2. The first-order valence-electron chi connectivity index (χ1n) is 4.78. The molecule has 0 bridgehead atoms. The van der Waals surface area contributed by atoms with Crippen LogP contribution in [0.25, 0.3) is 0 Å². The fourth-order valence-corrected chi connectivity index (χ4v) is 8.12. The summed E-state index contributed by atoms with van der Waals surface area (Å²) in [6.45, 7) is 4.66. The summed E-state index contributed by atoms with van der Waals surface area (Å²) < 4.78 is 4.67. The number of hydrogen-bond donors (Lipinski definition) is 0. The van der Waals surface area contributed by atoms with Gasteiger partial charge in [-0.3, -0.25) is 0 Å². The van der Waals surface area contributed by atoms with E-state index in [0.29, 0.717) is 0 Å². The predicted molar refractivity (Wildman–Crippen MR) is 57.4 cm³/mol. The van der Waals surface area contributed by atoms with Crippen LogP contribution in [-0.2, 0) is 0 Å². The summed E-state index contributed by atoms with van der Waals surface area (Å²) in [5.74, 6) is 0. The SMILES string of the molecule is CC[CH2][Sn]([CH2]C)[c]1ccccc1. The topological polar surface area (TPSA) is 0 Å². The van der Waals surface area contributed by atoms with Crippen molar-refractivity contribution in [1.82, 2.24) is 0 Å². The van der Waals surface area contributed by atoms with Crippen molar-refractivity contribution in [1.29, 1.82) is 0 Å². The van der Waals surface area contributed by atoms with Crippen molar-refractivity contribution in [3.63, 3.8) is 0 Å². The molecule has 0 fully saturated rings. The Kier molecular flexibility index (Phi) is 4.74. The molecule has 0 aliphatic rings. The van der Waals surface area contributed by atoms with Crippen molar-refractivity contribution < 1.29 is 0 Å². The normalized spacial score (nSPS) is 10.6. The predicted octanol–water partition coefficient (Wildman–Crippen LogP) is 2.82. The van der Waals surface area contributed by atoms with Crippen LogP contribution in [0.4, 0.5) is 0 Å². The van der Waals surface area contributed by atoms with Crippen LogP contribution >= 0.6 is 0 Å². The average Bonchev–Trinajstić information content (AvgIpc) is 2.15. The van der Waals surface area contributed by atoms with Crippen LogP contribution in [0, 0.1) is 0 Å². The molecule has 65 valence electrons. The van der Waals surface area contributed by atoms with E-state index in [4.69, 9.17) is 0 Å². The van der Waals surface area contributed by atoms with Crippen LogP contribution < -0.4 is 3.58 Å². The molecule has 0 aliphatic heterocycles. The van der Waals surface area contributed by atoms with Gasteiger partial charge in [-0.2, -0.15) is 0 Å². The van der Waals surface area contributed by atoms with E-state index in [1.807, 2.05) is 0 Å². The fraction of sp³-hybridized carbons (Fsp3) is 0.455. The second-order valence-corrected chi connectivity index (χ2v) is 11.6. The van der Waals surface area contributed by atoms with Gasteiger partial charge in [-0.25, -0.2) is 0 Å². The van der Waals surface area contributed by atoms with Crippen molar-refractivity contribution >= 4 is 23.3 Å². The van der Waals surface area contributed by atoms with Gasteiger partial charge in [-0.15, -0.1) is 0 Å². The van der Waals surface area contributed by atoms with Gasteiger partial charge in [0.05, 0.1) is 0 Å². The molecule has 0 nitrogen and oxygen atoms in total. The zero-order valence-corrected chi connectivity index (χ0v) is 10.9. The maximum absolute atomic E-state index is 2.36.